The summed E-state index contributed by atoms with van der Waals surface area (Å²) in [4.78, 5) is 14.8. The molecule has 1 aromatic heterocycles. The summed E-state index contributed by atoms with van der Waals surface area (Å²) >= 11 is 1.69. The first-order chi connectivity index (χ1) is 9.29. The molecule has 98 valence electrons. The SMILES string of the molecule is O=C(N[C@H]1CN2CC[C@@H]1C2)c1ccc2ccsc2c1. The molecule has 3 heterocycles. The zero-order valence-electron chi connectivity index (χ0n) is 10.6. The lowest BCUT2D eigenvalue weighted by Gasteiger charge is -2.23. The van der Waals surface area contributed by atoms with Crippen LogP contribution in [0.3, 0.4) is 0 Å². The van der Waals surface area contributed by atoms with Crippen LogP contribution in [0, 0.1) is 5.92 Å². The standard InChI is InChI=1S/C15H16N2OS/c18-15(16-13-9-17-5-3-12(13)8-17)11-2-1-10-4-6-19-14(10)7-11/h1-2,4,6-7,12-13H,3,5,8-9H2,(H,16,18)/t12-,13+/m1/s1. The van der Waals surface area contributed by atoms with E-state index in [0.717, 1.165) is 18.7 Å². The number of hydrogen-bond acceptors (Lipinski definition) is 3. The minimum atomic E-state index is 0.0778. The Morgan fingerprint density at radius 3 is 3.05 bits per heavy atom. The molecule has 1 unspecified atom stereocenters. The third kappa shape index (κ3) is 1.95. The number of rotatable bonds is 2. The van der Waals surface area contributed by atoms with Crippen molar-refractivity contribution in [2.75, 3.05) is 19.6 Å². The van der Waals surface area contributed by atoms with E-state index >= 15 is 0 Å². The lowest BCUT2D eigenvalue weighted by atomic mass is 9.99. The quantitative estimate of drug-likeness (QED) is 0.910. The normalized spacial score (nSPS) is 28.9. The maximum Gasteiger partial charge on any atom is 0.251 e. The molecule has 2 aromatic rings. The van der Waals surface area contributed by atoms with Crippen LogP contribution in [0.15, 0.2) is 29.6 Å². The molecule has 2 bridgehead atoms. The molecule has 2 aliphatic heterocycles. The Morgan fingerprint density at radius 2 is 2.26 bits per heavy atom. The molecule has 2 fully saturated rings. The van der Waals surface area contributed by atoms with Crippen LogP contribution >= 0.6 is 11.3 Å². The van der Waals surface area contributed by atoms with Gasteiger partial charge in [0, 0.05) is 29.4 Å². The van der Waals surface area contributed by atoms with Gasteiger partial charge in [0.1, 0.15) is 0 Å². The van der Waals surface area contributed by atoms with Crippen molar-refractivity contribution >= 4 is 27.3 Å². The molecule has 0 spiro atoms. The highest BCUT2D eigenvalue weighted by Crippen LogP contribution is 2.28. The molecule has 2 saturated heterocycles. The maximum atomic E-state index is 12.3. The molecule has 0 radical (unpaired) electrons. The van der Waals surface area contributed by atoms with E-state index in [1.165, 1.54) is 23.1 Å². The summed E-state index contributed by atoms with van der Waals surface area (Å²) in [6.45, 7) is 3.39. The summed E-state index contributed by atoms with van der Waals surface area (Å²) in [5.41, 5.74) is 0.785. The zero-order valence-corrected chi connectivity index (χ0v) is 11.5. The second-order valence-corrected chi connectivity index (χ2v) is 6.51. The van der Waals surface area contributed by atoms with Crippen molar-refractivity contribution in [1.82, 2.24) is 10.2 Å². The fourth-order valence-corrected chi connectivity index (χ4v) is 4.12. The highest BCUT2D eigenvalue weighted by atomic mass is 32.1. The van der Waals surface area contributed by atoms with E-state index in [9.17, 15) is 4.79 Å². The Balaban J connectivity index is 1.53. The molecule has 4 rings (SSSR count). The van der Waals surface area contributed by atoms with Crippen LogP contribution in [0.1, 0.15) is 16.8 Å². The first kappa shape index (κ1) is 11.4. The summed E-state index contributed by atoms with van der Waals surface area (Å²) in [6, 6.07) is 8.40. The Labute approximate surface area is 116 Å². The summed E-state index contributed by atoms with van der Waals surface area (Å²) in [5.74, 6) is 0.739. The Hall–Kier alpha value is -1.39. The van der Waals surface area contributed by atoms with Crippen LogP contribution in [0.25, 0.3) is 10.1 Å². The second-order valence-electron chi connectivity index (χ2n) is 5.56. The number of nitrogens with one attached hydrogen (secondary N) is 1. The summed E-state index contributed by atoms with van der Waals surface area (Å²) < 4.78 is 1.18. The summed E-state index contributed by atoms with van der Waals surface area (Å²) in [6.07, 6.45) is 1.23. The average Bonchev–Trinajstić information content (AvgIpc) is 3.13. The molecule has 4 heteroatoms. The van der Waals surface area contributed by atoms with Crippen molar-refractivity contribution in [3.05, 3.63) is 35.2 Å². The molecular formula is C15H16N2OS. The van der Waals surface area contributed by atoms with E-state index in [4.69, 9.17) is 0 Å². The first-order valence-electron chi connectivity index (χ1n) is 6.80. The fraction of sp³-hybridized carbons (Fsp3) is 0.400. The van der Waals surface area contributed by atoms with Gasteiger partial charge >= 0.3 is 0 Å². The average molecular weight is 272 g/mol. The van der Waals surface area contributed by atoms with Gasteiger partial charge in [0.2, 0.25) is 0 Å². The number of nitrogens with zero attached hydrogens (tertiary/aromatic N) is 1. The zero-order chi connectivity index (χ0) is 12.8. The van der Waals surface area contributed by atoms with E-state index in [1.54, 1.807) is 11.3 Å². The Kier molecular flexibility index (Phi) is 2.60. The van der Waals surface area contributed by atoms with Gasteiger partial charge in [-0.1, -0.05) is 6.07 Å². The van der Waals surface area contributed by atoms with Crippen LogP contribution in [0.2, 0.25) is 0 Å². The van der Waals surface area contributed by atoms with E-state index in [-0.39, 0.29) is 5.91 Å². The maximum absolute atomic E-state index is 12.3. The largest absolute Gasteiger partial charge is 0.348 e. The van der Waals surface area contributed by atoms with Crippen molar-refractivity contribution < 1.29 is 4.79 Å². The molecule has 1 N–H and O–H groups in total. The topological polar surface area (TPSA) is 32.3 Å². The minimum absolute atomic E-state index is 0.0778. The van der Waals surface area contributed by atoms with Gasteiger partial charge in [-0.2, -0.15) is 0 Å². The van der Waals surface area contributed by atoms with Gasteiger partial charge in [-0.3, -0.25) is 4.79 Å². The van der Waals surface area contributed by atoms with Gasteiger partial charge in [-0.05, 0) is 47.8 Å². The molecule has 1 aromatic carbocycles. The third-order valence-electron chi connectivity index (χ3n) is 4.37. The van der Waals surface area contributed by atoms with Crippen LogP contribution in [-0.4, -0.2) is 36.5 Å². The van der Waals surface area contributed by atoms with Gasteiger partial charge in [0.05, 0.1) is 0 Å². The number of thiophene rings is 1. The van der Waals surface area contributed by atoms with Crippen molar-refractivity contribution in [1.29, 1.82) is 0 Å². The molecule has 1 amide bonds. The second kappa shape index (κ2) is 4.32. The minimum Gasteiger partial charge on any atom is -0.348 e. The number of hydrogen-bond donors (Lipinski definition) is 1. The monoisotopic (exact) mass is 272 g/mol. The van der Waals surface area contributed by atoms with Gasteiger partial charge in [-0.25, -0.2) is 0 Å². The van der Waals surface area contributed by atoms with Crippen molar-refractivity contribution in [3.8, 4) is 0 Å². The highest BCUT2D eigenvalue weighted by molar-refractivity contribution is 7.17. The number of fused-ring (bicyclic) bond motifs is 3. The molecule has 0 aliphatic carbocycles. The number of piperidine rings is 1. The smallest absolute Gasteiger partial charge is 0.251 e. The number of carbonyl (C=O) groups is 1. The van der Waals surface area contributed by atoms with Gasteiger partial charge in [-0.15, -0.1) is 11.3 Å². The molecule has 2 aliphatic rings. The molecule has 3 atom stereocenters. The molecule has 0 saturated carbocycles. The lowest BCUT2D eigenvalue weighted by molar-refractivity contribution is 0.0924. The van der Waals surface area contributed by atoms with E-state index in [2.05, 4.69) is 21.7 Å². The van der Waals surface area contributed by atoms with Crippen LogP contribution in [0.5, 0.6) is 0 Å². The van der Waals surface area contributed by atoms with Crippen molar-refractivity contribution in [3.63, 3.8) is 0 Å². The van der Waals surface area contributed by atoms with E-state index < -0.39 is 0 Å². The third-order valence-corrected chi connectivity index (χ3v) is 5.25. The van der Waals surface area contributed by atoms with Crippen LogP contribution in [-0.2, 0) is 0 Å². The summed E-state index contributed by atoms with van der Waals surface area (Å²) in [5, 5.41) is 6.49. The molecule has 19 heavy (non-hydrogen) atoms. The fourth-order valence-electron chi connectivity index (χ4n) is 3.30. The van der Waals surface area contributed by atoms with Gasteiger partial charge in [0.25, 0.3) is 5.91 Å². The number of benzene rings is 1. The Morgan fingerprint density at radius 1 is 1.32 bits per heavy atom. The summed E-state index contributed by atoms with van der Waals surface area (Å²) in [7, 11) is 0. The van der Waals surface area contributed by atoms with E-state index in [0.29, 0.717) is 12.0 Å². The lowest BCUT2D eigenvalue weighted by Crippen LogP contribution is -2.43. The van der Waals surface area contributed by atoms with Gasteiger partial charge in [0.15, 0.2) is 0 Å². The predicted octanol–water partition coefficient (Wildman–Crippen LogP) is 2.34. The highest BCUT2D eigenvalue weighted by Gasteiger charge is 2.38. The van der Waals surface area contributed by atoms with Crippen molar-refractivity contribution in [2.45, 2.75) is 12.5 Å². The van der Waals surface area contributed by atoms with Crippen molar-refractivity contribution in [2.24, 2.45) is 5.92 Å². The Bertz CT molecular complexity index is 636. The van der Waals surface area contributed by atoms with E-state index in [1.807, 2.05) is 18.2 Å². The molecule has 3 nitrogen and oxygen atoms in total. The predicted molar refractivity (Wildman–Crippen MR) is 77.6 cm³/mol. The number of amides is 1. The van der Waals surface area contributed by atoms with Gasteiger partial charge < -0.3 is 10.2 Å². The molecular weight excluding hydrogens is 256 g/mol. The first-order valence-corrected chi connectivity index (χ1v) is 7.68. The van der Waals surface area contributed by atoms with Crippen LogP contribution in [0.4, 0.5) is 0 Å². The number of carbonyl (C=O) groups excluding carboxylic acids is 1. The van der Waals surface area contributed by atoms with Crippen LogP contribution < -0.4 is 5.32 Å².